The van der Waals surface area contributed by atoms with Crippen LogP contribution in [-0.2, 0) is 19.3 Å². The molecule has 4 rings (SSSR count). The van der Waals surface area contributed by atoms with Gasteiger partial charge in [0.1, 0.15) is 22.8 Å². The highest BCUT2D eigenvalue weighted by Gasteiger charge is 2.32. The van der Waals surface area contributed by atoms with Crippen LogP contribution in [0, 0.1) is 0 Å². The number of hydrogen-bond acceptors (Lipinski definition) is 3. The lowest BCUT2D eigenvalue weighted by atomic mass is 9.86. The van der Waals surface area contributed by atoms with Gasteiger partial charge in [-0.25, -0.2) is 0 Å². The maximum absolute atomic E-state index is 6.27. The Morgan fingerprint density at radius 2 is 2.04 bits per heavy atom. The van der Waals surface area contributed by atoms with Gasteiger partial charge in [0.2, 0.25) is 0 Å². The molecule has 26 heavy (non-hydrogen) atoms. The van der Waals surface area contributed by atoms with E-state index in [1.807, 2.05) is 0 Å². The van der Waals surface area contributed by atoms with Crippen molar-refractivity contribution in [1.82, 2.24) is 0 Å². The average molecular weight is 352 g/mol. The summed E-state index contributed by atoms with van der Waals surface area (Å²) in [7, 11) is 1.75. The molecule has 0 aliphatic carbocycles. The van der Waals surface area contributed by atoms with Gasteiger partial charge >= 0.3 is 0 Å². The summed E-state index contributed by atoms with van der Waals surface area (Å²) in [6.45, 7) is 7.17. The van der Waals surface area contributed by atoms with Crippen molar-refractivity contribution in [2.45, 2.75) is 58.0 Å². The SMILES string of the molecule is CCc1ccc(C2COc3c(ccc4c3CCC(C)(C)O4)C2)cc1OC. The van der Waals surface area contributed by atoms with Crippen LogP contribution in [0.5, 0.6) is 17.2 Å². The zero-order valence-corrected chi connectivity index (χ0v) is 16.2. The number of aryl methyl sites for hydroxylation is 1. The lowest BCUT2D eigenvalue weighted by Crippen LogP contribution is -2.33. The van der Waals surface area contributed by atoms with Crippen LogP contribution in [0.1, 0.15) is 55.4 Å². The number of methoxy groups -OCH3 is 1. The van der Waals surface area contributed by atoms with Crippen molar-refractivity contribution in [1.29, 1.82) is 0 Å². The average Bonchev–Trinajstić information content (AvgIpc) is 2.65. The molecule has 0 amide bonds. The Bertz CT molecular complexity index is 822. The van der Waals surface area contributed by atoms with E-state index in [2.05, 4.69) is 51.1 Å². The van der Waals surface area contributed by atoms with Gasteiger partial charge < -0.3 is 14.2 Å². The molecule has 0 fully saturated rings. The minimum absolute atomic E-state index is 0.0873. The molecule has 3 heteroatoms. The molecule has 0 radical (unpaired) electrons. The topological polar surface area (TPSA) is 27.7 Å². The van der Waals surface area contributed by atoms with Crippen molar-refractivity contribution in [3.05, 3.63) is 52.6 Å². The molecule has 2 aromatic rings. The van der Waals surface area contributed by atoms with Crippen LogP contribution in [-0.4, -0.2) is 19.3 Å². The molecule has 1 unspecified atom stereocenters. The monoisotopic (exact) mass is 352 g/mol. The third-order valence-corrected chi connectivity index (χ3v) is 5.72. The molecule has 1 atom stereocenters. The summed E-state index contributed by atoms with van der Waals surface area (Å²) in [6.07, 6.45) is 4.03. The summed E-state index contributed by atoms with van der Waals surface area (Å²) in [5, 5.41) is 0. The zero-order valence-electron chi connectivity index (χ0n) is 16.2. The Balaban J connectivity index is 1.61. The lowest BCUT2D eigenvalue weighted by Gasteiger charge is -2.35. The van der Waals surface area contributed by atoms with E-state index in [9.17, 15) is 0 Å². The molecular weight excluding hydrogens is 324 g/mol. The minimum Gasteiger partial charge on any atom is -0.496 e. The summed E-state index contributed by atoms with van der Waals surface area (Å²) in [5.74, 6) is 3.40. The van der Waals surface area contributed by atoms with Crippen LogP contribution in [0.25, 0.3) is 0 Å². The molecule has 0 saturated heterocycles. The maximum atomic E-state index is 6.27. The van der Waals surface area contributed by atoms with Crippen molar-refractivity contribution in [2.75, 3.05) is 13.7 Å². The van der Waals surface area contributed by atoms with Crippen LogP contribution >= 0.6 is 0 Å². The molecule has 0 spiro atoms. The number of fused-ring (bicyclic) bond motifs is 3. The molecule has 0 N–H and O–H groups in total. The fraction of sp³-hybridized carbons (Fsp3) is 0.478. The Labute approximate surface area is 156 Å². The highest BCUT2D eigenvalue weighted by molar-refractivity contribution is 5.53. The lowest BCUT2D eigenvalue weighted by molar-refractivity contribution is 0.0827. The van der Waals surface area contributed by atoms with Gasteiger partial charge in [0.15, 0.2) is 0 Å². The van der Waals surface area contributed by atoms with Gasteiger partial charge in [-0.1, -0.05) is 25.1 Å². The van der Waals surface area contributed by atoms with Crippen molar-refractivity contribution >= 4 is 0 Å². The Kier molecular flexibility index (Phi) is 4.34. The number of rotatable bonds is 3. The largest absolute Gasteiger partial charge is 0.496 e. The van der Waals surface area contributed by atoms with Crippen molar-refractivity contribution in [3.63, 3.8) is 0 Å². The van der Waals surface area contributed by atoms with E-state index in [0.717, 1.165) is 42.9 Å². The van der Waals surface area contributed by atoms with E-state index in [0.29, 0.717) is 12.5 Å². The van der Waals surface area contributed by atoms with E-state index < -0.39 is 0 Å². The Morgan fingerprint density at radius 3 is 2.81 bits per heavy atom. The van der Waals surface area contributed by atoms with Gasteiger partial charge in [0, 0.05) is 11.5 Å². The molecule has 0 bridgehead atoms. The predicted molar refractivity (Wildman–Crippen MR) is 104 cm³/mol. The van der Waals surface area contributed by atoms with Crippen LogP contribution in [0.3, 0.4) is 0 Å². The molecule has 2 aromatic carbocycles. The summed E-state index contributed by atoms with van der Waals surface area (Å²) in [5.41, 5.74) is 5.00. The fourth-order valence-corrected chi connectivity index (χ4v) is 4.14. The normalized spacial score (nSPS) is 20.4. The van der Waals surface area contributed by atoms with E-state index in [1.165, 1.54) is 22.3 Å². The first-order valence-corrected chi connectivity index (χ1v) is 9.64. The Morgan fingerprint density at radius 1 is 1.19 bits per heavy atom. The molecule has 0 aromatic heterocycles. The number of benzene rings is 2. The smallest absolute Gasteiger partial charge is 0.129 e. The second-order valence-corrected chi connectivity index (χ2v) is 8.03. The minimum atomic E-state index is -0.0873. The summed E-state index contributed by atoms with van der Waals surface area (Å²) in [4.78, 5) is 0. The second kappa shape index (κ2) is 6.53. The van der Waals surface area contributed by atoms with Crippen LogP contribution < -0.4 is 14.2 Å². The standard InChI is InChI=1S/C23H28O3/c1-5-15-6-7-16(13-21(15)24-4)18-12-17-8-9-20-19(22(17)25-14-18)10-11-23(2,3)26-20/h6-9,13,18H,5,10-12,14H2,1-4H3. The summed E-state index contributed by atoms with van der Waals surface area (Å²) >= 11 is 0. The third kappa shape index (κ3) is 3.04. The Hall–Kier alpha value is -2.16. The van der Waals surface area contributed by atoms with Crippen molar-refractivity contribution in [2.24, 2.45) is 0 Å². The van der Waals surface area contributed by atoms with Crippen molar-refractivity contribution in [3.8, 4) is 17.2 Å². The second-order valence-electron chi connectivity index (χ2n) is 8.03. The third-order valence-electron chi connectivity index (χ3n) is 5.72. The van der Waals surface area contributed by atoms with E-state index in [1.54, 1.807) is 7.11 Å². The van der Waals surface area contributed by atoms with Gasteiger partial charge in [0.25, 0.3) is 0 Å². The highest BCUT2D eigenvalue weighted by Crippen LogP contribution is 2.44. The zero-order chi connectivity index (χ0) is 18.3. The summed E-state index contributed by atoms with van der Waals surface area (Å²) < 4.78 is 18.0. The van der Waals surface area contributed by atoms with Crippen LogP contribution in [0.2, 0.25) is 0 Å². The first kappa shape index (κ1) is 17.3. The molecule has 138 valence electrons. The first-order valence-electron chi connectivity index (χ1n) is 9.64. The van der Waals surface area contributed by atoms with E-state index >= 15 is 0 Å². The highest BCUT2D eigenvalue weighted by atomic mass is 16.5. The van der Waals surface area contributed by atoms with E-state index in [4.69, 9.17) is 14.2 Å². The van der Waals surface area contributed by atoms with Gasteiger partial charge in [0.05, 0.1) is 13.7 Å². The molecule has 2 aliphatic heterocycles. The first-order chi connectivity index (χ1) is 12.5. The van der Waals surface area contributed by atoms with Crippen LogP contribution in [0.15, 0.2) is 30.3 Å². The molecule has 2 heterocycles. The quantitative estimate of drug-likeness (QED) is 0.771. The van der Waals surface area contributed by atoms with E-state index in [-0.39, 0.29) is 5.60 Å². The molecular formula is C23H28O3. The fourth-order valence-electron chi connectivity index (χ4n) is 4.14. The molecule has 2 aliphatic rings. The van der Waals surface area contributed by atoms with Gasteiger partial charge in [-0.15, -0.1) is 0 Å². The van der Waals surface area contributed by atoms with Gasteiger partial charge in [-0.05, 0) is 68.4 Å². The number of ether oxygens (including phenoxy) is 3. The molecule has 0 saturated carbocycles. The van der Waals surface area contributed by atoms with Crippen LogP contribution in [0.4, 0.5) is 0 Å². The predicted octanol–water partition coefficient (Wildman–Crippen LogP) is 5.08. The van der Waals surface area contributed by atoms with Gasteiger partial charge in [-0.2, -0.15) is 0 Å². The van der Waals surface area contributed by atoms with Gasteiger partial charge in [-0.3, -0.25) is 0 Å². The molecule has 3 nitrogen and oxygen atoms in total. The maximum Gasteiger partial charge on any atom is 0.129 e. The summed E-state index contributed by atoms with van der Waals surface area (Å²) in [6, 6.07) is 10.9. The number of hydrogen-bond donors (Lipinski definition) is 0. The van der Waals surface area contributed by atoms with Crippen molar-refractivity contribution < 1.29 is 14.2 Å².